The molecule has 16 heavy (non-hydrogen) atoms. The molecule has 5 heteroatoms. The fourth-order valence-electron chi connectivity index (χ4n) is 1.36. The zero-order valence-electron chi connectivity index (χ0n) is 9.31. The average Bonchev–Trinajstić information content (AvgIpc) is 2.27. The lowest BCUT2D eigenvalue weighted by Gasteiger charge is -2.18. The van der Waals surface area contributed by atoms with Crippen LogP contribution in [0.1, 0.15) is 24.9 Å². The summed E-state index contributed by atoms with van der Waals surface area (Å²) in [6, 6.07) is 4.87. The topological polar surface area (TPSA) is 55.5 Å². The van der Waals surface area contributed by atoms with Crippen LogP contribution in [0.15, 0.2) is 18.2 Å². The molecule has 0 unspecified atom stereocenters. The van der Waals surface area contributed by atoms with E-state index in [1.54, 1.807) is 25.3 Å². The number of benzene rings is 1. The Kier molecular flexibility index (Phi) is 6.76. The molecule has 0 saturated carbocycles. The van der Waals surface area contributed by atoms with Crippen LogP contribution in [0.25, 0.3) is 0 Å². The lowest BCUT2D eigenvalue weighted by molar-refractivity contribution is 0.140. The molecule has 1 aromatic carbocycles. The first-order chi connectivity index (χ1) is 7.10. The summed E-state index contributed by atoms with van der Waals surface area (Å²) >= 11 is 5.89. The van der Waals surface area contributed by atoms with Gasteiger partial charge < -0.3 is 15.6 Å². The normalized spacial score (nSPS) is 13.8. The SMILES string of the molecule is CC[C@H](O)[C@H](N)c1ccc(Cl)c(OC)c1.Cl. The first kappa shape index (κ1) is 15.5. The predicted octanol–water partition coefficient (Wildman–Crippen LogP) is 2.54. The molecular formula is C11H17Cl2NO2. The van der Waals surface area contributed by atoms with Gasteiger partial charge in [-0.05, 0) is 24.1 Å². The number of rotatable bonds is 4. The van der Waals surface area contributed by atoms with Crippen molar-refractivity contribution >= 4 is 24.0 Å². The number of methoxy groups -OCH3 is 1. The summed E-state index contributed by atoms with van der Waals surface area (Å²) in [7, 11) is 1.55. The largest absolute Gasteiger partial charge is 0.495 e. The summed E-state index contributed by atoms with van der Waals surface area (Å²) < 4.78 is 5.08. The molecule has 0 heterocycles. The summed E-state index contributed by atoms with van der Waals surface area (Å²) in [5.41, 5.74) is 6.70. The fourth-order valence-corrected chi connectivity index (χ4v) is 1.55. The van der Waals surface area contributed by atoms with Gasteiger partial charge in [-0.1, -0.05) is 24.6 Å². The molecule has 0 aromatic heterocycles. The van der Waals surface area contributed by atoms with Crippen LogP contribution >= 0.6 is 24.0 Å². The number of hydrogen-bond donors (Lipinski definition) is 2. The number of halogens is 2. The van der Waals surface area contributed by atoms with Gasteiger partial charge in [0.2, 0.25) is 0 Å². The summed E-state index contributed by atoms with van der Waals surface area (Å²) in [6.45, 7) is 1.89. The first-order valence-electron chi connectivity index (χ1n) is 4.87. The zero-order chi connectivity index (χ0) is 11.4. The van der Waals surface area contributed by atoms with Crippen molar-refractivity contribution in [1.29, 1.82) is 0 Å². The Labute approximate surface area is 107 Å². The smallest absolute Gasteiger partial charge is 0.137 e. The lowest BCUT2D eigenvalue weighted by Crippen LogP contribution is -2.25. The van der Waals surface area contributed by atoms with Gasteiger partial charge in [-0.15, -0.1) is 12.4 Å². The van der Waals surface area contributed by atoms with Crippen molar-refractivity contribution < 1.29 is 9.84 Å². The van der Waals surface area contributed by atoms with E-state index in [1.807, 2.05) is 6.92 Å². The van der Waals surface area contributed by atoms with E-state index in [-0.39, 0.29) is 12.4 Å². The van der Waals surface area contributed by atoms with Gasteiger partial charge in [0, 0.05) is 0 Å². The van der Waals surface area contributed by atoms with Crippen LogP contribution < -0.4 is 10.5 Å². The van der Waals surface area contributed by atoms with E-state index >= 15 is 0 Å². The van der Waals surface area contributed by atoms with Crippen molar-refractivity contribution in [2.45, 2.75) is 25.5 Å². The highest BCUT2D eigenvalue weighted by molar-refractivity contribution is 6.32. The highest BCUT2D eigenvalue weighted by Crippen LogP contribution is 2.28. The van der Waals surface area contributed by atoms with Gasteiger partial charge in [-0.2, -0.15) is 0 Å². The van der Waals surface area contributed by atoms with Crippen LogP contribution in [-0.2, 0) is 0 Å². The highest BCUT2D eigenvalue weighted by Gasteiger charge is 2.16. The molecule has 0 amide bonds. The van der Waals surface area contributed by atoms with Gasteiger partial charge in [0.25, 0.3) is 0 Å². The van der Waals surface area contributed by atoms with E-state index in [0.29, 0.717) is 17.2 Å². The molecule has 0 aliphatic rings. The van der Waals surface area contributed by atoms with Crippen LogP contribution in [0.5, 0.6) is 5.75 Å². The molecular weight excluding hydrogens is 249 g/mol. The second-order valence-corrected chi connectivity index (χ2v) is 3.80. The molecule has 0 radical (unpaired) electrons. The zero-order valence-corrected chi connectivity index (χ0v) is 10.9. The minimum absolute atomic E-state index is 0. The quantitative estimate of drug-likeness (QED) is 0.880. The Balaban J connectivity index is 0.00000225. The van der Waals surface area contributed by atoms with Crippen molar-refractivity contribution in [3.63, 3.8) is 0 Å². The Morgan fingerprint density at radius 2 is 2.12 bits per heavy atom. The van der Waals surface area contributed by atoms with E-state index in [0.717, 1.165) is 5.56 Å². The molecule has 1 rings (SSSR count). The average molecular weight is 266 g/mol. The second kappa shape index (κ2) is 6.97. The van der Waals surface area contributed by atoms with Crippen LogP contribution in [0.2, 0.25) is 5.02 Å². The van der Waals surface area contributed by atoms with Crippen molar-refractivity contribution in [1.82, 2.24) is 0 Å². The van der Waals surface area contributed by atoms with E-state index in [9.17, 15) is 5.11 Å². The molecule has 92 valence electrons. The summed E-state index contributed by atoms with van der Waals surface area (Å²) in [6.07, 6.45) is 0.0717. The van der Waals surface area contributed by atoms with Crippen molar-refractivity contribution in [2.24, 2.45) is 5.73 Å². The summed E-state index contributed by atoms with van der Waals surface area (Å²) in [5.74, 6) is 0.577. The molecule has 0 fully saturated rings. The van der Waals surface area contributed by atoms with Gasteiger partial charge >= 0.3 is 0 Å². The molecule has 3 nitrogen and oxygen atoms in total. The van der Waals surface area contributed by atoms with E-state index in [2.05, 4.69) is 0 Å². The maximum absolute atomic E-state index is 9.61. The van der Waals surface area contributed by atoms with Gasteiger partial charge in [0.15, 0.2) is 0 Å². The third-order valence-corrected chi connectivity index (χ3v) is 2.71. The molecule has 0 aliphatic heterocycles. The van der Waals surface area contributed by atoms with Crippen molar-refractivity contribution in [3.05, 3.63) is 28.8 Å². The number of hydrogen-bond acceptors (Lipinski definition) is 3. The van der Waals surface area contributed by atoms with E-state index < -0.39 is 12.1 Å². The maximum Gasteiger partial charge on any atom is 0.137 e. The molecule has 0 spiro atoms. The van der Waals surface area contributed by atoms with Gasteiger partial charge in [-0.25, -0.2) is 0 Å². The lowest BCUT2D eigenvalue weighted by atomic mass is 10.0. The minimum atomic E-state index is -0.545. The monoisotopic (exact) mass is 265 g/mol. The Bertz CT molecular complexity index is 334. The number of aliphatic hydroxyl groups is 1. The van der Waals surface area contributed by atoms with Crippen LogP contribution in [0.4, 0.5) is 0 Å². The summed E-state index contributed by atoms with van der Waals surface area (Å²) in [4.78, 5) is 0. The molecule has 0 aliphatic carbocycles. The Hall–Kier alpha value is -0.480. The van der Waals surface area contributed by atoms with Crippen molar-refractivity contribution in [2.75, 3.05) is 7.11 Å². The maximum atomic E-state index is 9.61. The predicted molar refractivity (Wildman–Crippen MR) is 68.5 cm³/mol. The van der Waals surface area contributed by atoms with Gasteiger partial charge in [0.05, 0.1) is 24.3 Å². The van der Waals surface area contributed by atoms with Crippen LogP contribution in [0, 0.1) is 0 Å². The minimum Gasteiger partial charge on any atom is -0.495 e. The molecule has 0 saturated heterocycles. The number of nitrogens with two attached hydrogens (primary N) is 1. The standard InChI is InChI=1S/C11H16ClNO2.ClH/c1-3-9(14)11(13)7-4-5-8(12)10(6-7)15-2;/h4-6,9,11,14H,3,13H2,1-2H3;1H/t9-,11+;/m0./s1. The third kappa shape index (κ3) is 3.52. The summed E-state index contributed by atoms with van der Waals surface area (Å²) in [5, 5.41) is 10.2. The van der Waals surface area contributed by atoms with E-state index in [4.69, 9.17) is 22.1 Å². The third-order valence-electron chi connectivity index (χ3n) is 2.39. The second-order valence-electron chi connectivity index (χ2n) is 3.40. The first-order valence-corrected chi connectivity index (χ1v) is 5.25. The molecule has 3 N–H and O–H groups in total. The molecule has 0 bridgehead atoms. The van der Waals surface area contributed by atoms with Crippen LogP contribution in [-0.4, -0.2) is 18.3 Å². The Morgan fingerprint density at radius 1 is 1.50 bits per heavy atom. The fraction of sp³-hybridized carbons (Fsp3) is 0.455. The number of ether oxygens (including phenoxy) is 1. The van der Waals surface area contributed by atoms with Crippen LogP contribution in [0.3, 0.4) is 0 Å². The van der Waals surface area contributed by atoms with Gasteiger partial charge in [0.1, 0.15) is 5.75 Å². The number of aliphatic hydroxyl groups excluding tert-OH is 1. The van der Waals surface area contributed by atoms with Gasteiger partial charge in [-0.3, -0.25) is 0 Å². The highest BCUT2D eigenvalue weighted by atomic mass is 35.5. The van der Waals surface area contributed by atoms with Crippen molar-refractivity contribution in [3.8, 4) is 5.75 Å². The molecule has 2 atom stereocenters. The Morgan fingerprint density at radius 3 is 2.62 bits per heavy atom. The molecule has 1 aromatic rings. The van der Waals surface area contributed by atoms with E-state index in [1.165, 1.54) is 0 Å².